The zero-order valence-electron chi connectivity index (χ0n) is 27.3. The topological polar surface area (TPSA) is 12.9 Å². The molecule has 0 spiro atoms. The number of pyridine rings is 1. The molecule has 8 aromatic rings. The fourth-order valence-corrected chi connectivity index (χ4v) is 7.70. The molecule has 1 radical (unpaired) electrons. The summed E-state index contributed by atoms with van der Waals surface area (Å²) in [5.41, 5.74) is 16.5. The van der Waals surface area contributed by atoms with Crippen LogP contribution in [-0.4, -0.2) is 4.98 Å². The quantitative estimate of drug-likeness (QED) is 0.152. The van der Waals surface area contributed by atoms with Gasteiger partial charge in [-0.1, -0.05) is 152 Å². The van der Waals surface area contributed by atoms with Crippen LogP contribution in [0.2, 0.25) is 0 Å². The van der Waals surface area contributed by atoms with Gasteiger partial charge in [-0.2, -0.15) is 0 Å². The van der Waals surface area contributed by atoms with Gasteiger partial charge in [0.15, 0.2) is 0 Å². The van der Waals surface area contributed by atoms with E-state index in [2.05, 4.69) is 175 Å². The Morgan fingerprint density at radius 2 is 0.920 bits per heavy atom. The Bertz CT molecular complexity index is 2390. The molecule has 0 aliphatic heterocycles. The van der Waals surface area contributed by atoms with Gasteiger partial charge in [-0.15, -0.1) is 35.4 Å². The van der Waals surface area contributed by atoms with Gasteiger partial charge < -0.3 is 4.98 Å². The molecule has 7 aromatic carbocycles. The third-order valence-electron chi connectivity index (χ3n) is 9.94. The SMILES string of the molecule is [Ir].[c-]1ccc(-c2cccc(-c3cccc(-c4ccc(C5(c6ccccc6)c6ccccc6-c6ccccc65)cc4)c3)c2)cc1-c1ccccn1. The Kier molecular flexibility index (Phi) is 8.42. The molecule has 1 aliphatic rings. The minimum Gasteiger partial charge on any atom is -0.305 e. The van der Waals surface area contributed by atoms with Crippen molar-refractivity contribution in [2.45, 2.75) is 5.41 Å². The van der Waals surface area contributed by atoms with E-state index in [0.29, 0.717) is 0 Å². The molecule has 1 aromatic heterocycles. The predicted molar refractivity (Wildman–Crippen MR) is 202 cm³/mol. The minimum absolute atomic E-state index is 0. The molecule has 0 atom stereocenters. The number of benzene rings is 7. The van der Waals surface area contributed by atoms with Crippen molar-refractivity contribution in [1.29, 1.82) is 0 Å². The Morgan fingerprint density at radius 3 is 1.52 bits per heavy atom. The maximum Gasteiger partial charge on any atom is 0.0713 e. The van der Waals surface area contributed by atoms with Crippen LogP contribution in [0.25, 0.3) is 55.8 Å². The average molecular weight is 815 g/mol. The van der Waals surface area contributed by atoms with Crippen molar-refractivity contribution in [3.05, 3.63) is 223 Å². The van der Waals surface area contributed by atoms with Crippen LogP contribution in [0.4, 0.5) is 0 Å². The Balaban J connectivity index is 0.00000361. The molecule has 0 saturated carbocycles. The predicted octanol–water partition coefficient (Wildman–Crippen LogP) is 11.9. The summed E-state index contributed by atoms with van der Waals surface area (Å²) in [6.07, 6.45) is 1.82. The summed E-state index contributed by atoms with van der Waals surface area (Å²) >= 11 is 0. The number of hydrogen-bond acceptors (Lipinski definition) is 1. The molecule has 50 heavy (non-hydrogen) atoms. The van der Waals surface area contributed by atoms with Gasteiger partial charge >= 0.3 is 0 Å². The third-order valence-corrected chi connectivity index (χ3v) is 9.94. The van der Waals surface area contributed by atoms with E-state index in [9.17, 15) is 0 Å². The summed E-state index contributed by atoms with van der Waals surface area (Å²) in [6.45, 7) is 0. The molecule has 1 nitrogen and oxygen atoms in total. The normalized spacial score (nSPS) is 12.4. The molecular formula is C48H32IrN-. The van der Waals surface area contributed by atoms with Gasteiger partial charge in [-0.05, 0) is 85.1 Å². The van der Waals surface area contributed by atoms with Crippen molar-refractivity contribution < 1.29 is 20.1 Å². The average Bonchev–Trinajstić information content (AvgIpc) is 3.50. The molecule has 2 heteroatoms. The van der Waals surface area contributed by atoms with E-state index in [1.807, 2.05) is 30.5 Å². The summed E-state index contributed by atoms with van der Waals surface area (Å²) in [6, 6.07) is 71.3. The van der Waals surface area contributed by atoms with Crippen LogP contribution in [0, 0.1) is 6.07 Å². The number of hydrogen-bond donors (Lipinski definition) is 0. The van der Waals surface area contributed by atoms with E-state index >= 15 is 0 Å². The maximum absolute atomic E-state index is 4.52. The zero-order valence-corrected chi connectivity index (χ0v) is 29.7. The third kappa shape index (κ3) is 5.35. The van der Waals surface area contributed by atoms with E-state index in [-0.39, 0.29) is 25.5 Å². The fraction of sp³-hybridized carbons (Fsp3) is 0.0208. The van der Waals surface area contributed by atoms with Gasteiger partial charge in [0.2, 0.25) is 0 Å². The number of rotatable bonds is 6. The minimum atomic E-state index is -0.388. The first kappa shape index (κ1) is 31.6. The van der Waals surface area contributed by atoms with E-state index < -0.39 is 0 Å². The second kappa shape index (κ2) is 13.3. The van der Waals surface area contributed by atoms with Crippen molar-refractivity contribution >= 4 is 0 Å². The zero-order chi connectivity index (χ0) is 32.6. The molecule has 0 fully saturated rings. The first-order chi connectivity index (χ1) is 24.3. The van der Waals surface area contributed by atoms with Crippen LogP contribution in [-0.2, 0) is 25.5 Å². The molecule has 1 aliphatic carbocycles. The Morgan fingerprint density at radius 1 is 0.400 bits per heavy atom. The van der Waals surface area contributed by atoms with Crippen molar-refractivity contribution in [2.24, 2.45) is 0 Å². The smallest absolute Gasteiger partial charge is 0.0713 e. The molecule has 239 valence electrons. The molecule has 0 saturated heterocycles. The molecule has 0 N–H and O–H groups in total. The van der Waals surface area contributed by atoms with Crippen molar-refractivity contribution in [1.82, 2.24) is 4.98 Å². The second-order valence-electron chi connectivity index (χ2n) is 12.7. The number of nitrogens with zero attached hydrogens (tertiary/aromatic N) is 1. The first-order valence-electron chi connectivity index (χ1n) is 16.8. The van der Waals surface area contributed by atoms with E-state index in [1.54, 1.807) is 0 Å². The largest absolute Gasteiger partial charge is 0.305 e. The Labute approximate surface area is 307 Å². The summed E-state index contributed by atoms with van der Waals surface area (Å²) in [7, 11) is 0. The number of fused-ring (bicyclic) bond motifs is 3. The van der Waals surface area contributed by atoms with E-state index in [1.165, 1.54) is 61.2 Å². The van der Waals surface area contributed by atoms with Crippen LogP contribution in [0.1, 0.15) is 22.3 Å². The van der Waals surface area contributed by atoms with Crippen molar-refractivity contribution in [3.8, 4) is 55.8 Å². The molecule has 0 bridgehead atoms. The molecule has 9 rings (SSSR count). The van der Waals surface area contributed by atoms with E-state index in [4.69, 9.17) is 0 Å². The summed E-state index contributed by atoms with van der Waals surface area (Å²) in [5, 5.41) is 0. The molecule has 0 amide bonds. The van der Waals surface area contributed by atoms with Crippen LogP contribution >= 0.6 is 0 Å². The monoisotopic (exact) mass is 815 g/mol. The summed E-state index contributed by atoms with van der Waals surface area (Å²) in [5.74, 6) is 0. The van der Waals surface area contributed by atoms with Gasteiger partial charge in [0.25, 0.3) is 0 Å². The van der Waals surface area contributed by atoms with Gasteiger partial charge in [0, 0.05) is 26.3 Å². The van der Waals surface area contributed by atoms with Crippen LogP contribution in [0.15, 0.2) is 194 Å². The summed E-state index contributed by atoms with van der Waals surface area (Å²) < 4.78 is 0. The van der Waals surface area contributed by atoms with Gasteiger partial charge in [0.05, 0.1) is 5.41 Å². The van der Waals surface area contributed by atoms with Crippen LogP contribution < -0.4 is 0 Å². The fourth-order valence-electron chi connectivity index (χ4n) is 7.70. The standard InChI is InChI=1S/C48H32N.Ir/c1-2-19-41(20-3-1)48(45-23-6-4-21-43(45)44-22-5-7-24-46(44)48)42-28-26-34(27-29-42)35-13-10-14-36(31-35)37-15-11-16-38(32-37)39-17-12-18-40(33-39)47-25-8-9-30-49-47;/h1-17,19-33H;/q-1;. The van der Waals surface area contributed by atoms with E-state index in [0.717, 1.165) is 16.8 Å². The van der Waals surface area contributed by atoms with Crippen LogP contribution in [0.5, 0.6) is 0 Å². The molecule has 1 heterocycles. The van der Waals surface area contributed by atoms with Crippen molar-refractivity contribution in [3.63, 3.8) is 0 Å². The van der Waals surface area contributed by atoms with Gasteiger partial charge in [0.1, 0.15) is 0 Å². The summed E-state index contributed by atoms with van der Waals surface area (Å²) in [4.78, 5) is 4.52. The second-order valence-corrected chi connectivity index (χ2v) is 12.7. The van der Waals surface area contributed by atoms with Crippen LogP contribution in [0.3, 0.4) is 0 Å². The maximum atomic E-state index is 4.52. The first-order valence-corrected chi connectivity index (χ1v) is 16.8. The van der Waals surface area contributed by atoms with Gasteiger partial charge in [-0.25, -0.2) is 0 Å². The Hall–Kier alpha value is -5.66. The number of aromatic nitrogens is 1. The van der Waals surface area contributed by atoms with Crippen molar-refractivity contribution in [2.75, 3.05) is 0 Å². The molecular weight excluding hydrogens is 783 g/mol. The van der Waals surface area contributed by atoms with Gasteiger partial charge in [-0.3, -0.25) is 0 Å². The molecule has 0 unspecified atom stereocenters.